The van der Waals surface area contributed by atoms with Gasteiger partial charge in [-0.3, -0.25) is 4.79 Å². The zero-order valence-electron chi connectivity index (χ0n) is 8.89. The number of hydrogen-bond acceptors (Lipinski definition) is 2. The SMILES string of the molecule is CCC(Br)C(=O)c1cc(Br)c(F)cc1OC. The van der Waals surface area contributed by atoms with Crippen LogP contribution in [0.1, 0.15) is 23.7 Å². The van der Waals surface area contributed by atoms with Crippen molar-refractivity contribution in [1.82, 2.24) is 0 Å². The molecule has 0 aliphatic rings. The summed E-state index contributed by atoms with van der Waals surface area (Å²) in [6, 6.07) is 2.65. The van der Waals surface area contributed by atoms with Gasteiger partial charge in [0.2, 0.25) is 0 Å². The highest BCUT2D eigenvalue weighted by Gasteiger charge is 2.20. The van der Waals surface area contributed by atoms with E-state index in [0.717, 1.165) is 0 Å². The number of ketones is 1. The molecule has 0 aliphatic heterocycles. The van der Waals surface area contributed by atoms with E-state index in [1.165, 1.54) is 19.2 Å². The summed E-state index contributed by atoms with van der Waals surface area (Å²) < 4.78 is 18.5. The Morgan fingerprint density at radius 3 is 2.69 bits per heavy atom. The number of halogens is 3. The van der Waals surface area contributed by atoms with Gasteiger partial charge < -0.3 is 4.74 Å². The first-order chi connectivity index (χ1) is 7.51. The minimum atomic E-state index is -0.448. The van der Waals surface area contributed by atoms with Crippen LogP contribution in [0.15, 0.2) is 16.6 Å². The molecule has 0 N–H and O–H groups in total. The summed E-state index contributed by atoms with van der Waals surface area (Å²) in [5.74, 6) is -0.306. The van der Waals surface area contributed by atoms with E-state index >= 15 is 0 Å². The van der Waals surface area contributed by atoms with Gasteiger partial charge in [-0.15, -0.1) is 0 Å². The molecule has 0 amide bonds. The summed E-state index contributed by atoms with van der Waals surface area (Å²) in [7, 11) is 1.41. The second-order valence-corrected chi connectivity index (χ2v) is 5.17. The molecule has 0 radical (unpaired) electrons. The summed E-state index contributed by atoms with van der Waals surface area (Å²) in [4.78, 5) is 11.7. The molecule has 0 aromatic heterocycles. The van der Waals surface area contributed by atoms with Crippen molar-refractivity contribution in [1.29, 1.82) is 0 Å². The van der Waals surface area contributed by atoms with Gasteiger partial charge in [0.1, 0.15) is 11.6 Å². The summed E-state index contributed by atoms with van der Waals surface area (Å²) in [5.41, 5.74) is 0.375. The molecule has 1 aromatic rings. The minimum absolute atomic E-state index is 0.111. The maximum absolute atomic E-state index is 13.2. The molecule has 16 heavy (non-hydrogen) atoms. The first-order valence-corrected chi connectivity index (χ1v) is 6.43. The molecule has 1 aromatic carbocycles. The smallest absolute Gasteiger partial charge is 0.180 e. The fraction of sp³-hybridized carbons (Fsp3) is 0.364. The molecular weight excluding hydrogens is 343 g/mol. The van der Waals surface area contributed by atoms with Crippen LogP contribution >= 0.6 is 31.9 Å². The molecular formula is C11H11Br2FO2. The first kappa shape index (κ1) is 13.6. The zero-order chi connectivity index (χ0) is 12.3. The lowest BCUT2D eigenvalue weighted by Gasteiger charge is -2.11. The highest BCUT2D eigenvalue weighted by molar-refractivity contribution is 9.10. The third-order valence-corrected chi connectivity index (χ3v) is 3.82. The second-order valence-electron chi connectivity index (χ2n) is 3.21. The van der Waals surface area contributed by atoms with Crippen molar-refractivity contribution in [2.45, 2.75) is 18.2 Å². The number of carbonyl (C=O) groups is 1. The van der Waals surface area contributed by atoms with E-state index in [1.54, 1.807) is 0 Å². The monoisotopic (exact) mass is 352 g/mol. The zero-order valence-corrected chi connectivity index (χ0v) is 12.1. The van der Waals surface area contributed by atoms with E-state index in [1.807, 2.05) is 6.92 Å². The molecule has 1 rings (SSSR count). The number of alkyl halides is 1. The van der Waals surface area contributed by atoms with Gasteiger partial charge in [-0.2, -0.15) is 0 Å². The summed E-state index contributed by atoms with van der Waals surface area (Å²) >= 11 is 6.32. The van der Waals surface area contributed by atoms with Crippen molar-refractivity contribution in [3.63, 3.8) is 0 Å². The van der Waals surface area contributed by atoms with E-state index in [9.17, 15) is 9.18 Å². The first-order valence-electron chi connectivity index (χ1n) is 4.72. The van der Waals surface area contributed by atoms with Crippen LogP contribution in [0.25, 0.3) is 0 Å². The Balaban J connectivity index is 3.21. The number of hydrogen-bond donors (Lipinski definition) is 0. The van der Waals surface area contributed by atoms with Crippen LogP contribution in [0.5, 0.6) is 5.75 Å². The molecule has 88 valence electrons. The number of carbonyl (C=O) groups excluding carboxylic acids is 1. The predicted molar refractivity (Wildman–Crippen MR) is 68.0 cm³/mol. The lowest BCUT2D eigenvalue weighted by molar-refractivity contribution is 0.0987. The molecule has 0 saturated carbocycles. The Hall–Kier alpha value is -0.420. The molecule has 0 fully saturated rings. The van der Waals surface area contributed by atoms with Crippen LogP contribution in [0.3, 0.4) is 0 Å². The number of benzene rings is 1. The quantitative estimate of drug-likeness (QED) is 0.605. The summed E-state index contributed by atoms with van der Waals surface area (Å²) in [5, 5.41) is 0. The average molecular weight is 354 g/mol. The van der Waals surface area contributed by atoms with Crippen molar-refractivity contribution < 1.29 is 13.9 Å². The van der Waals surface area contributed by atoms with Crippen LogP contribution in [-0.4, -0.2) is 17.7 Å². The van der Waals surface area contributed by atoms with Crippen molar-refractivity contribution in [3.05, 3.63) is 28.0 Å². The molecule has 1 unspecified atom stereocenters. The third kappa shape index (κ3) is 2.83. The van der Waals surface area contributed by atoms with Crippen molar-refractivity contribution in [2.24, 2.45) is 0 Å². The number of ether oxygens (including phenoxy) is 1. The molecule has 5 heteroatoms. The number of rotatable bonds is 4. The fourth-order valence-electron chi connectivity index (χ4n) is 1.24. The van der Waals surface area contributed by atoms with E-state index in [0.29, 0.717) is 12.0 Å². The Bertz CT molecular complexity index is 407. The highest BCUT2D eigenvalue weighted by Crippen LogP contribution is 2.28. The van der Waals surface area contributed by atoms with E-state index in [2.05, 4.69) is 31.9 Å². The topological polar surface area (TPSA) is 26.3 Å². The van der Waals surface area contributed by atoms with Gasteiger partial charge in [0, 0.05) is 6.07 Å². The predicted octanol–water partition coefficient (Wildman–Crippen LogP) is 3.95. The summed E-state index contributed by atoms with van der Waals surface area (Å²) in [6.07, 6.45) is 0.664. The van der Waals surface area contributed by atoms with Crippen molar-refractivity contribution in [2.75, 3.05) is 7.11 Å². The number of methoxy groups -OCH3 is 1. The normalized spacial score (nSPS) is 12.3. The lowest BCUT2D eigenvalue weighted by atomic mass is 10.1. The van der Waals surface area contributed by atoms with Crippen LogP contribution < -0.4 is 4.74 Å². The van der Waals surface area contributed by atoms with Gasteiger partial charge in [0.05, 0.1) is 22.0 Å². The van der Waals surface area contributed by atoms with Crippen LogP contribution in [0.2, 0.25) is 0 Å². The molecule has 0 bridgehead atoms. The molecule has 0 spiro atoms. The maximum Gasteiger partial charge on any atom is 0.180 e. The van der Waals surface area contributed by atoms with E-state index in [-0.39, 0.29) is 20.8 Å². The van der Waals surface area contributed by atoms with Gasteiger partial charge in [0.15, 0.2) is 5.78 Å². The third-order valence-electron chi connectivity index (χ3n) is 2.15. The van der Waals surface area contributed by atoms with Gasteiger partial charge in [-0.1, -0.05) is 22.9 Å². The largest absolute Gasteiger partial charge is 0.496 e. The van der Waals surface area contributed by atoms with Crippen LogP contribution in [-0.2, 0) is 0 Å². The number of Topliss-reactive ketones (excluding diaryl/α,β-unsaturated/α-hetero) is 1. The van der Waals surface area contributed by atoms with Gasteiger partial charge in [0.25, 0.3) is 0 Å². The fourth-order valence-corrected chi connectivity index (χ4v) is 1.83. The maximum atomic E-state index is 13.2. The Kier molecular flexibility index (Phi) is 4.92. The van der Waals surface area contributed by atoms with Crippen LogP contribution in [0.4, 0.5) is 4.39 Å². The van der Waals surface area contributed by atoms with E-state index < -0.39 is 5.82 Å². The van der Waals surface area contributed by atoms with Gasteiger partial charge >= 0.3 is 0 Å². The summed E-state index contributed by atoms with van der Waals surface area (Å²) in [6.45, 7) is 1.89. The average Bonchev–Trinajstić information content (AvgIpc) is 2.30. The second kappa shape index (κ2) is 5.77. The Morgan fingerprint density at radius 1 is 1.56 bits per heavy atom. The van der Waals surface area contributed by atoms with E-state index in [4.69, 9.17) is 4.74 Å². The Labute approximate surface area is 110 Å². The van der Waals surface area contributed by atoms with Gasteiger partial charge in [-0.05, 0) is 28.4 Å². The molecule has 1 atom stereocenters. The minimum Gasteiger partial charge on any atom is -0.496 e. The van der Waals surface area contributed by atoms with Crippen molar-refractivity contribution >= 4 is 37.6 Å². The lowest BCUT2D eigenvalue weighted by Crippen LogP contribution is -2.14. The Morgan fingerprint density at radius 2 is 2.19 bits per heavy atom. The van der Waals surface area contributed by atoms with Crippen LogP contribution in [0, 0.1) is 5.82 Å². The molecule has 0 heterocycles. The van der Waals surface area contributed by atoms with Crippen molar-refractivity contribution in [3.8, 4) is 5.75 Å². The molecule has 0 aliphatic carbocycles. The highest BCUT2D eigenvalue weighted by atomic mass is 79.9. The van der Waals surface area contributed by atoms with Gasteiger partial charge in [-0.25, -0.2) is 4.39 Å². The standard InChI is InChI=1S/C11H11Br2FO2/c1-3-7(12)11(15)6-4-8(13)9(14)5-10(6)16-2/h4-5,7H,3H2,1-2H3. The molecule has 0 saturated heterocycles. The molecule has 2 nitrogen and oxygen atoms in total.